The Balaban J connectivity index is 0.000000126. The first-order valence-corrected chi connectivity index (χ1v) is 49.7. The average Bonchev–Trinajstić information content (AvgIpc) is 1.55. The first kappa shape index (κ1) is 79.1. The van der Waals surface area contributed by atoms with E-state index in [1.807, 2.05) is 122 Å². The van der Waals surface area contributed by atoms with Crippen LogP contribution in [0.3, 0.4) is 0 Å². The summed E-state index contributed by atoms with van der Waals surface area (Å²) in [7, 11) is 0. The van der Waals surface area contributed by atoms with Crippen LogP contribution in [-0.2, 0) is 32.5 Å². The lowest BCUT2D eigenvalue weighted by Crippen LogP contribution is -2.19. The predicted molar refractivity (Wildman–Crippen MR) is 618 cm³/mol. The molecule has 0 bridgehead atoms. The van der Waals surface area contributed by atoms with Crippen molar-refractivity contribution in [3.8, 4) is 101 Å². The van der Waals surface area contributed by atoms with Crippen molar-refractivity contribution >= 4 is 87.2 Å². The minimum absolute atomic E-state index is 0.0330. The van der Waals surface area contributed by atoms with Crippen LogP contribution in [0, 0.1) is 6.92 Å². The molecule has 4 heterocycles. The highest BCUT2D eigenvalue weighted by Crippen LogP contribution is 2.51. The Morgan fingerprint density at radius 3 is 0.783 bits per heavy atom. The van der Waals surface area contributed by atoms with E-state index in [1.165, 1.54) is 122 Å². The van der Waals surface area contributed by atoms with E-state index >= 15 is 0 Å². The zero-order chi connectivity index (χ0) is 112. The quantitative estimate of drug-likeness (QED) is 0.123. The van der Waals surface area contributed by atoms with Crippen molar-refractivity contribution in [2.45, 2.75) is 164 Å². The second kappa shape index (κ2) is 38.1. The molecule has 0 aliphatic carbocycles. The van der Waals surface area contributed by atoms with Crippen LogP contribution in [0.25, 0.3) is 188 Å². The molecule has 0 N–H and O–H groups in total. The number of rotatable bonds is 11. The third-order valence-electron chi connectivity index (χ3n) is 27.6. The van der Waals surface area contributed by atoms with Crippen LogP contribution in [0.2, 0.25) is 0 Å². The molecule has 0 aliphatic heterocycles. The molecule has 0 spiro atoms. The number of para-hydroxylation sites is 9. The van der Waals surface area contributed by atoms with Crippen LogP contribution in [0.1, 0.15) is 183 Å². The number of aromatic nitrogens is 4. The van der Waals surface area contributed by atoms with E-state index in [1.54, 1.807) is 13.0 Å². The van der Waals surface area contributed by atoms with Crippen molar-refractivity contribution in [1.82, 2.24) is 18.3 Å². The number of nitrogens with zero attached hydrogens (tertiary/aromatic N) is 4. The Labute approximate surface area is 865 Å². The zero-order valence-corrected chi connectivity index (χ0v) is 85.4. The molecule has 706 valence electrons. The molecule has 23 aromatic rings. The highest BCUT2D eigenvalue weighted by molar-refractivity contribution is 6.18. The Morgan fingerprint density at radius 1 is 0.189 bits per heavy atom. The molecule has 4 heteroatoms. The van der Waals surface area contributed by atoms with Gasteiger partial charge in [-0.15, -0.1) is 0 Å². The Bertz CT molecular complexity index is 9480. The van der Waals surface area contributed by atoms with E-state index < -0.39 is 23.5 Å². The van der Waals surface area contributed by atoms with Gasteiger partial charge in [-0.25, -0.2) is 0 Å². The molecule has 4 aromatic heterocycles. The topological polar surface area (TPSA) is 19.7 Å². The molecule has 4 nitrogen and oxygen atoms in total. The van der Waals surface area contributed by atoms with Crippen molar-refractivity contribution in [3.05, 3.63) is 481 Å². The third-order valence-corrected chi connectivity index (χ3v) is 27.6. The van der Waals surface area contributed by atoms with Crippen LogP contribution >= 0.6 is 0 Å². The van der Waals surface area contributed by atoms with Gasteiger partial charge in [-0.05, 0) is 177 Å². The van der Waals surface area contributed by atoms with Crippen molar-refractivity contribution in [3.63, 3.8) is 0 Å². The lowest BCUT2D eigenvalue weighted by atomic mass is 9.76. The molecule has 0 aliphatic rings. The van der Waals surface area contributed by atoms with Crippen LogP contribution in [0.4, 0.5) is 0 Å². The molecule has 143 heavy (non-hydrogen) atoms. The van der Waals surface area contributed by atoms with Gasteiger partial charge >= 0.3 is 0 Å². The average molecular weight is 1870 g/mol. The summed E-state index contributed by atoms with van der Waals surface area (Å²) < 4.78 is 128. The van der Waals surface area contributed by atoms with Crippen LogP contribution in [-0.4, -0.2) is 18.3 Å². The first-order chi connectivity index (χ1) is 74.6. The van der Waals surface area contributed by atoms with E-state index in [-0.39, 0.29) is 110 Å². The van der Waals surface area contributed by atoms with E-state index in [9.17, 15) is 0 Å². The van der Waals surface area contributed by atoms with Crippen molar-refractivity contribution < 1.29 is 19.2 Å². The number of hydrogen-bond acceptors (Lipinski definition) is 0. The molecule has 0 atom stereocenters. The summed E-state index contributed by atoms with van der Waals surface area (Å²) in [5, 5.41) is 8.91. The first-order valence-electron chi connectivity index (χ1n) is 56.7. The van der Waals surface area contributed by atoms with Crippen LogP contribution in [0.5, 0.6) is 0 Å². The van der Waals surface area contributed by atoms with Gasteiger partial charge in [0.2, 0.25) is 0 Å². The maximum atomic E-state index is 8.95. The molecule has 23 rings (SSSR count). The summed E-state index contributed by atoms with van der Waals surface area (Å²) in [6, 6.07) is 122. The van der Waals surface area contributed by atoms with Crippen LogP contribution in [0.15, 0.2) is 443 Å². The maximum Gasteiger partial charge on any atom is 0.0632 e. The summed E-state index contributed by atoms with van der Waals surface area (Å²) in [4.78, 5) is 0. The van der Waals surface area contributed by atoms with Gasteiger partial charge < -0.3 is 18.3 Å². The summed E-state index contributed by atoms with van der Waals surface area (Å²) in [5.74, 6) is 0. The normalized spacial score (nSPS) is 13.5. The second-order valence-corrected chi connectivity index (χ2v) is 43.7. The SMILES string of the molecule is CC(C)(C)c1c(-c2ccccc2)cccc1-n1c2ccccc2c2cccc(-c3ccccc3)c21.CC(C)(C)c1cc(-c2cccc(-n3c4ccccc4c4cccc(-c5ccccc5)c43)c2C(C)(C)C)cc(C(C)(C)C)c1.[2H]c1c([2H])c([2H])c(-c2cccc3c4ccccc4n(-c4cccc(-c5c([2H])c([2H])c([2H])c(C)c5[2H])c4C(C)(C)C)c23)c([2H])c1[2H].[2H]c1c([2H])c([2H])c(-c2cccc3c4ccccc4n(-c4ccccc4C(C)(C)C)c23)c([2H])c1[2H]. The fourth-order valence-electron chi connectivity index (χ4n) is 21.3. The minimum Gasteiger partial charge on any atom is -0.308 e. The van der Waals surface area contributed by atoms with E-state index in [2.05, 4.69) is 372 Å². The molecule has 0 amide bonds. The van der Waals surface area contributed by atoms with E-state index in [0.29, 0.717) is 27.8 Å². The fourth-order valence-corrected chi connectivity index (χ4v) is 21.3. The largest absolute Gasteiger partial charge is 0.308 e. The van der Waals surface area contributed by atoms with Gasteiger partial charge in [-0.3, -0.25) is 0 Å². The van der Waals surface area contributed by atoms with Gasteiger partial charge in [0, 0.05) is 71.0 Å². The third kappa shape index (κ3) is 18.2. The van der Waals surface area contributed by atoms with Gasteiger partial charge in [0.05, 0.1) is 80.4 Å². The van der Waals surface area contributed by atoms with Gasteiger partial charge in [0.25, 0.3) is 0 Å². The molecule has 0 saturated heterocycles. The zero-order valence-electron chi connectivity index (χ0n) is 99.4. The minimum atomic E-state index is -0.538. The lowest BCUT2D eigenvalue weighted by molar-refractivity contribution is 0.568. The van der Waals surface area contributed by atoms with Gasteiger partial charge in [0.1, 0.15) is 0 Å². The molecule has 0 saturated carbocycles. The Hall–Kier alpha value is -15.6. The predicted octanol–water partition coefficient (Wildman–Crippen LogP) is 38.9. The molecule has 19 aromatic carbocycles. The van der Waals surface area contributed by atoms with Gasteiger partial charge in [-0.2, -0.15) is 0 Å². The standard InChI is InChI=1S/C42H45N.C35H31N.C34H29N.C28H25N/c1-40(2,3)30-25-29(26-31(27-30)41(4,5)6)32-20-16-24-37(38(32)42(7,8)9)43-36-23-14-13-19-34(36)35-22-15-21-33(39(35)43)28-17-11-10-12-18-28;1-24-13-10-16-26(23-24)27-18-12-22-32(33(27)35(2,3)4)36-31-21-9-8-17-29(31)30-20-11-19-28(34(30)36)25-14-6-5-7-15-25;1-34(2,3)32-26(24-14-6-4-7-15-24)19-13-23-31(32)35-30-22-11-10-18-28(30)29-21-12-20-27(33(29)35)25-16-8-5-9-17-25;1-28(2,3)24-17-8-10-19-26(24)29-25-18-9-7-14-22(25)23-16-11-15-21(27(23)29)20-12-5-4-6-13-20/h10-27H,1-9H3;5-23H,1-4H3;4-23H,1-3H3;4-19H,1-3H3/i;5D,6D,7D,10D,13D,14D,15D,16D,23D;;4D,5D,6D,12D,13D. The summed E-state index contributed by atoms with van der Waals surface area (Å²) in [6.45, 7) is 42.3. The highest BCUT2D eigenvalue weighted by atomic mass is 15.0. The molecular formula is C139H130N4. The number of hydrogen-bond donors (Lipinski definition) is 0. The molecule has 0 radical (unpaired) electrons. The molecule has 0 fully saturated rings. The second-order valence-electron chi connectivity index (χ2n) is 43.7. The Morgan fingerprint density at radius 2 is 0.448 bits per heavy atom. The van der Waals surface area contributed by atoms with Gasteiger partial charge in [-0.1, -0.05) is 524 Å². The highest BCUT2D eigenvalue weighted by Gasteiger charge is 2.34. The monoisotopic (exact) mass is 1870 g/mol. The van der Waals surface area contributed by atoms with E-state index in [4.69, 9.17) is 19.2 Å². The van der Waals surface area contributed by atoms with Crippen molar-refractivity contribution in [1.29, 1.82) is 0 Å². The van der Waals surface area contributed by atoms with Crippen LogP contribution < -0.4 is 0 Å². The number of benzene rings is 19. The lowest BCUT2D eigenvalue weighted by Gasteiger charge is -2.30. The van der Waals surface area contributed by atoms with Crippen molar-refractivity contribution in [2.75, 3.05) is 0 Å². The van der Waals surface area contributed by atoms with Crippen molar-refractivity contribution in [2.24, 2.45) is 0 Å². The smallest absolute Gasteiger partial charge is 0.0632 e. The Kier molecular flexibility index (Phi) is 21.1. The number of fused-ring (bicyclic) bond motifs is 12. The summed E-state index contributed by atoms with van der Waals surface area (Å²) >= 11 is 0. The fraction of sp³-hybridized carbons (Fsp3) is 0.180. The van der Waals surface area contributed by atoms with Gasteiger partial charge in [0.15, 0.2) is 0 Å². The molecule has 0 unspecified atom stereocenters. The maximum absolute atomic E-state index is 8.95. The summed E-state index contributed by atoms with van der Waals surface area (Å²) in [5.41, 5.74) is 32.1. The molecular weight excluding hydrogens is 1730 g/mol. The summed E-state index contributed by atoms with van der Waals surface area (Å²) in [6.07, 6.45) is 0. The van der Waals surface area contributed by atoms with E-state index in [0.717, 1.165) is 60.6 Å².